The van der Waals surface area contributed by atoms with Gasteiger partial charge in [-0.25, -0.2) is 9.37 Å². The zero-order chi connectivity index (χ0) is 29.0. The standard InChI is InChI=1S/C28H23F4N5O3/c1-16-25(26(28(30,31)32)36-37(16)15-18-7-5-17(14-33)6-8-18)35-27(40)21-13-23(24(39)4-2-3-11-38)34-22-12-19(29)9-10-20(21)22/h5-10,12-13,38H,2-4,11,15H2,1H3,(H,35,40). The highest BCUT2D eigenvalue weighted by Crippen LogP contribution is 2.36. The summed E-state index contributed by atoms with van der Waals surface area (Å²) >= 11 is 0. The third-order valence-electron chi connectivity index (χ3n) is 6.24. The third kappa shape index (κ3) is 6.16. The number of nitrogens with one attached hydrogen (secondary N) is 1. The SMILES string of the molecule is Cc1c(NC(=O)c2cc(C(=O)CCCCO)nc3cc(F)ccc23)c(C(F)(F)F)nn1Cc1ccc(C#N)cc1. The molecule has 0 atom stereocenters. The number of pyridine rings is 1. The average molecular weight is 554 g/mol. The number of Topliss-reactive ketones (excluding diaryl/α,β-unsaturated/α-hetero) is 1. The number of aromatic nitrogens is 3. The number of fused-ring (bicyclic) bond motifs is 1. The first-order valence-electron chi connectivity index (χ1n) is 12.2. The smallest absolute Gasteiger partial charge is 0.396 e. The lowest BCUT2D eigenvalue weighted by Crippen LogP contribution is -2.18. The second kappa shape index (κ2) is 11.6. The van der Waals surface area contributed by atoms with Gasteiger partial charge in [0.2, 0.25) is 0 Å². The largest absolute Gasteiger partial charge is 0.437 e. The maximum absolute atomic E-state index is 14.0. The molecule has 0 unspecified atom stereocenters. The minimum atomic E-state index is -4.90. The molecule has 8 nitrogen and oxygen atoms in total. The molecule has 4 rings (SSSR count). The number of amides is 1. The monoisotopic (exact) mass is 553 g/mol. The van der Waals surface area contributed by atoms with Crippen LogP contribution in [0.3, 0.4) is 0 Å². The molecule has 2 aromatic carbocycles. The molecule has 12 heteroatoms. The van der Waals surface area contributed by atoms with E-state index in [0.717, 1.165) is 16.8 Å². The number of anilines is 1. The van der Waals surface area contributed by atoms with Crippen molar-refractivity contribution in [2.75, 3.05) is 11.9 Å². The lowest BCUT2D eigenvalue weighted by Gasteiger charge is -2.12. The number of halogens is 4. The molecule has 2 N–H and O–H groups in total. The molecule has 2 aromatic heterocycles. The normalized spacial score (nSPS) is 11.4. The van der Waals surface area contributed by atoms with Crippen molar-refractivity contribution in [2.45, 2.75) is 38.9 Å². The van der Waals surface area contributed by atoms with Crippen LogP contribution in [0.1, 0.15) is 62.6 Å². The predicted octanol–water partition coefficient (Wildman–Crippen LogP) is 5.42. The predicted molar refractivity (Wildman–Crippen MR) is 137 cm³/mol. The molecule has 40 heavy (non-hydrogen) atoms. The summed E-state index contributed by atoms with van der Waals surface area (Å²) in [6, 6.07) is 12.7. The van der Waals surface area contributed by atoms with Crippen LogP contribution < -0.4 is 5.32 Å². The molecule has 1 amide bonds. The van der Waals surface area contributed by atoms with Gasteiger partial charge in [-0.15, -0.1) is 0 Å². The summed E-state index contributed by atoms with van der Waals surface area (Å²) in [5.41, 5.74) is -1.19. The molecule has 4 aromatic rings. The number of unbranched alkanes of at least 4 members (excludes halogenated alkanes) is 1. The van der Waals surface area contributed by atoms with E-state index >= 15 is 0 Å². The number of carbonyl (C=O) groups is 2. The van der Waals surface area contributed by atoms with Crippen molar-refractivity contribution in [2.24, 2.45) is 0 Å². The number of hydrogen-bond donors (Lipinski definition) is 2. The number of aliphatic hydroxyl groups excluding tert-OH is 1. The fourth-order valence-corrected chi connectivity index (χ4v) is 4.14. The molecule has 206 valence electrons. The maximum atomic E-state index is 14.0. The number of benzene rings is 2. The van der Waals surface area contributed by atoms with Gasteiger partial charge < -0.3 is 10.4 Å². The van der Waals surface area contributed by atoms with Crippen molar-refractivity contribution in [3.8, 4) is 6.07 Å². The van der Waals surface area contributed by atoms with Gasteiger partial charge in [0, 0.05) is 24.5 Å². The molecular formula is C28H23F4N5O3. The second-order valence-corrected chi connectivity index (χ2v) is 9.05. The fraction of sp³-hybridized carbons (Fsp3) is 0.250. The van der Waals surface area contributed by atoms with Crippen LogP contribution in [-0.4, -0.2) is 38.2 Å². The number of aliphatic hydroxyl groups is 1. The van der Waals surface area contributed by atoms with E-state index in [4.69, 9.17) is 10.4 Å². The van der Waals surface area contributed by atoms with Crippen LogP contribution >= 0.6 is 0 Å². The van der Waals surface area contributed by atoms with E-state index in [-0.39, 0.29) is 47.4 Å². The van der Waals surface area contributed by atoms with Crippen molar-refractivity contribution >= 4 is 28.3 Å². The molecule has 2 heterocycles. The summed E-state index contributed by atoms with van der Waals surface area (Å²) in [5, 5.41) is 24.1. The van der Waals surface area contributed by atoms with E-state index in [2.05, 4.69) is 15.4 Å². The number of carbonyl (C=O) groups excluding carboxylic acids is 2. The van der Waals surface area contributed by atoms with Crippen LogP contribution in [0.25, 0.3) is 10.9 Å². The zero-order valence-electron chi connectivity index (χ0n) is 21.2. The Morgan fingerprint density at radius 1 is 1.10 bits per heavy atom. The zero-order valence-corrected chi connectivity index (χ0v) is 21.2. The van der Waals surface area contributed by atoms with Gasteiger partial charge in [0.1, 0.15) is 11.5 Å². The van der Waals surface area contributed by atoms with Gasteiger partial charge in [0.05, 0.1) is 40.6 Å². The average Bonchev–Trinajstić information content (AvgIpc) is 3.23. The van der Waals surface area contributed by atoms with Crippen LogP contribution in [0.2, 0.25) is 0 Å². The van der Waals surface area contributed by atoms with Crippen LogP contribution in [0.4, 0.5) is 23.2 Å². The number of nitrogens with zero attached hydrogens (tertiary/aromatic N) is 4. The Balaban J connectivity index is 1.73. The van der Waals surface area contributed by atoms with Crippen LogP contribution in [0.5, 0.6) is 0 Å². The summed E-state index contributed by atoms with van der Waals surface area (Å²) in [6.45, 7) is 1.20. The molecule has 0 aliphatic rings. The third-order valence-corrected chi connectivity index (χ3v) is 6.24. The lowest BCUT2D eigenvalue weighted by atomic mass is 10.0. The number of nitriles is 1. The molecule has 0 bridgehead atoms. The highest BCUT2D eigenvalue weighted by molar-refractivity contribution is 6.14. The molecule has 0 aliphatic heterocycles. The molecule has 0 spiro atoms. The Bertz CT molecular complexity index is 1620. The number of alkyl halides is 3. The van der Waals surface area contributed by atoms with E-state index in [9.17, 15) is 27.2 Å². The summed E-state index contributed by atoms with van der Waals surface area (Å²) in [4.78, 5) is 30.2. The van der Waals surface area contributed by atoms with Gasteiger partial charge in [0.25, 0.3) is 5.91 Å². The lowest BCUT2D eigenvalue weighted by molar-refractivity contribution is -0.140. The van der Waals surface area contributed by atoms with Crippen molar-refractivity contribution < 1.29 is 32.3 Å². The first-order valence-corrected chi connectivity index (χ1v) is 12.2. The minimum Gasteiger partial charge on any atom is -0.396 e. The summed E-state index contributed by atoms with van der Waals surface area (Å²) in [5.74, 6) is -2.10. The first kappa shape index (κ1) is 28.4. The Morgan fingerprint density at radius 2 is 1.82 bits per heavy atom. The second-order valence-electron chi connectivity index (χ2n) is 9.05. The number of ketones is 1. The first-order chi connectivity index (χ1) is 19.0. The van der Waals surface area contributed by atoms with Crippen LogP contribution in [0.15, 0.2) is 48.5 Å². The molecule has 0 saturated heterocycles. The van der Waals surface area contributed by atoms with Gasteiger partial charge in [0.15, 0.2) is 11.5 Å². The molecule has 0 fully saturated rings. The van der Waals surface area contributed by atoms with E-state index in [1.54, 1.807) is 12.1 Å². The molecule has 0 saturated carbocycles. The minimum absolute atomic E-state index is 0.00882. The summed E-state index contributed by atoms with van der Waals surface area (Å²) in [6.07, 6.45) is -4.17. The van der Waals surface area contributed by atoms with Crippen LogP contribution in [-0.2, 0) is 12.7 Å². The Morgan fingerprint density at radius 3 is 2.48 bits per heavy atom. The summed E-state index contributed by atoms with van der Waals surface area (Å²) < 4.78 is 57.0. The highest BCUT2D eigenvalue weighted by atomic mass is 19.4. The summed E-state index contributed by atoms with van der Waals surface area (Å²) in [7, 11) is 0. The number of rotatable bonds is 9. The Labute approximate surface area is 225 Å². The van der Waals surface area contributed by atoms with E-state index in [1.807, 2.05) is 6.07 Å². The quantitative estimate of drug-likeness (QED) is 0.162. The topological polar surface area (TPSA) is 121 Å². The van der Waals surface area contributed by atoms with E-state index < -0.39 is 35.1 Å². The highest BCUT2D eigenvalue weighted by Gasteiger charge is 2.39. The fourth-order valence-electron chi connectivity index (χ4n) is 4.14. The Kier molecular flexibility index (Phi) is 8.25. The van der Waals surface area contributed by atoms with Crippen molar-refractivity contribution in [3.05, 3.63) is 88.1 Å². The van der Waals surface area contributed by atoms with Crippen molar-refractivity contribution in [1.29, 1.82) is 5.26 Å². The van der Waals surface area contributed by atoms with Gasteiger partial charge in [-0.2, -0.15) is 23.5 Å². The van der Waals surface area contributed by atoms with Gasteiger partial charge in [-0.3, -0.25) is 14.3 Å². The van der Waals surface area contributed by atoms with Gasteiger partial charge in [-0.1, -0.05) is 12.1 Å². The molecule has 0 aliphatic carbocycles. The van der Waals surface area contributed by atoms with Crippen molar-refractivity contribution in [3.63, 3.8) is 0 Å². The van der Waals surface area contributed by atoms with Gasteiger partial charge >= 0.3 is 6.18 Å². The Hall–Kier alpha value is -4.63. The number of hydrogen-bond acceptors (Lipinski definition) is 6. The van der Waals surface area contributed by atoms with Crippen molar-refractivity contribution in [1.82, 2.24) is 14.8 Å². The maximum Gasteiger partial charge on any atom is 0.437 e. The molecular weight excluding hydrogens is 530 g/mol. The van der Waals surface area contributed by atoms with E-state index in [0.29, 0.717) is 24.0 Å². The van der Waals surface area contributed by atoms with E-state index in [1.165, 1.54) is 31.2 Å². The molecule has 0 radical (unpaired) electrons. The van der Waals surface area contributed by atoms with Gasteiger partial charge in [-0.05, 0) is 55.7 Å². The van der Waals surface area contributed by atoms with Crippen LogP contribution in [0, 0.1) is 24.1 Å².